The second-order valence-electron chi connectivity index (χ2n) is 3.48. The Morgan fingerprint density at radius 3 is 1.50 bits per heavy atom. The van der Waals surface area contributed by atoms with Crippen molar-refractivity contribution < 1.29 is 50.2 Å². The first-order chi connectivity index (χ1) is 8.84. The zero-order valence-electron chi connectivity index (χ0n) is 9.80. The molecule has 11 heteroatoms. The molecule has 0 atom stereocenters. The first kappa shape index (κ1) is 18.2. The van der Waals surface area contributed by atoms with Crippen LogP contribution in [0.5, 0.6) is 0 Å². The Morgan fingerprint density at radius 2 is 1.25 bits per heavy atom. The molecule has 0 aromatic rings. The van der Waals surface area contributed by atoms with Gasteiger partial charge in [-0.05, 0) is 6.92 Å². The standard InChI is InChI=1S/C9H8F6O5/c1-4(16)2-3-5(19-6(17)8(10,11)12)20-7(18)9(13,14)15/h5H,2-3H2,1H3. The Labute approximate surface area is 107 Å². The van der Waals surface area contributed by atoms with Crippen LogP contribution in [0.4, 0.5) is 26.3 Å². The maximum Gasteiger partial charge on any atom is 0.491 e. The molecule has 116 valence electrons. The van der Waals surface area contributed by atoms with Gasteiger partial charge in [-0.2, -0.15) is 26.3 Å². The molecule has 0 aliphatic carbocycles. The highest BCUT2D eigenvalue weighted by Crippen LogP contribution is 2.22. The van der Waals surface area contributed by atoms with Gasteiger partial charge in [0.1, 0.15) is 5.78 Å². The summed E-state index contributed by atoms with van der Waals surface area (Å²) in [6, 6.07) is 0. The predicted octanol–water partition coefficient (Wildman–Crippen LogP) is 1.89. The Balaban J connectivity index is 4.78. The van der Waals surface area contributed by atoms with Gasteiger partial charge in [0.15, 0.2) is 0 Å². The molecule has 0 saturated carbocycles. The summed E-state index contributed by atoms with van der Waals surface area (Å²) in [5.41, 5.74) is 0. The molecule has 0 aliphatic rings. The van der Waals surface area contributed by atoms with Gasteiger partial charge >= 0.3 is 24.3 Å². The van der Waals surface area contributed by atoms with Crippen LogP contribution in [0.2, 0.25) is 0 Å². The SMILES string of the molecule is CC(=O)CCC(OC(=O)C(F)(F)F)OC(=O)C(F)(F)F. The second kappa shape index (κ2) is 6.57. The summed E-state index contributed by atoms with van der Waals surface area (Å²) >= 11 is 0. The number of ketones is 1. The molecule has 0 heterocycles. The van der Waals surface area contributed by atoms with Crippen LogP contribution in [0.3, 0.4) is 0 Å². The van der Waals surface area contributed by atoms with Gasteiger partial charge in [0.2, 0.25) is 6.29 Å². The quantitative estimate of drug-likeness (QED) is 0.440. The van der Waals surface area contributed by atoms with E-state index in [0.29, 0.717) is 0 Å². The maximum atomic E-state index is 11.9. The zero-order chi connectivity index (χ0) is 16.1. The maximum absolute atomic E-state index is 11.9. The van der Waals surface area contributed by atoms with Crippen LogP contribution in [0, 0.1) is 0 Å². The van der Waals surface area contributed by atoms with Gasteiger partial charge in [-0.25, -0.2) is 9.59 Å². The molecule has 0 saturated heterocycles. The average Bonchev–Trinajstić information content (AvgIpc) is 2.22. The molecule has 0 amide bonds. The van der Waals surface area contributed by atoms with Crippen LogP contribution in [0.15, 0.2) is 0 Å². The van der Waals surface area contributed by atoms with E-state index >= 15 is 0 Å². The fraction of sp³-hybridized carbons (Fsp3) is 0.667. The molecular weight excluding hydrogens is 302 g/mol. The molecule has 0 aromatic heterocycles. The van der Waals surface area contributed by atoms with Crippen molar-refractivity contribution in [2.24, 2.45) is 0 Å². The highest BCUT2D eigenvalue weighted by molar-refractivity contribution is 5.78. The third-order valence-electron chi connectivity index (χ3n) is 1.67. The lowest BCUT2D eigenvalue weighted by Gasteiger charge is -2.19. The number of carbonyl (C=O) groups excluding carboxylic acids is 3. The number of halogens is 6. The van der Waals surface area contributed by atoms with Crippen molar-refractivity contribution in [1.82, 2.24) is 0 Å². The van der Waals surface area contributed by atoms with Crippen LogP contribution in [-0.2, 0) is 23.9 Å². The topological polar surface area (TPSA) is 69.7 Å². The fourth-order valence-electron chi connectivity index (χ4n) is 0.835. The van der Waals surface area contributed by atoms with E-state index in [1.54, 1.807) is 0 Å². The van der Waals surface area contributed by atoms with Crippen molar-refractivity contribution in [2.75, 3.05) is 0 Å². The summed E-state index contributed by atoms with van der Waals surface area (Å²) in [5.74, 6) is -6.27. The minimum atomic E-state index is -5.47. The van der Waals surface area contributed by atoms with Crippen molar-refractivity contribution in [3.8, 4) is 0 Å². The molecule has 0 fully saturated rings. The van der Waals surface area contributed by atoms with Gasteiger partial charge in [0, 0.05) is 12.8 Å². The summed E-state index contributed by atoms with van der Waals surface area (Å²) in [7, 11) is 0. The number of ether oxygens (including phenoxy) is 2. The van der Waals surface area contributed by atoms with E-state index < -0.39 is 49.2 Å². The lowest BCUT2D eigenvalue weighted by molar-refractivity contribution is -0.241. The van der Waals surface area contributed by atoms with Gasteiger partial charge < -0.3 is 14.3 Å². The van der Waals surface area contributed by atoms with Gasteiger partial charge in [-0.1, -0.05) is 0 Å². The number of alkyl halides is 6. The van der Waals surface area contributed by atoms with Crippen molar-refractivity contribution >= 4 is 17.7 Å². The molecule has 20 heavy (non-hydrogen) atoms. The van der Waals surface area contributed by atoms with Gasteiger partial charge in [-0.3, -0.25) is 0 Å². The first-order valence-corrected chi connectivity index (χ1v) is 4.89. The zero-order valence-corrected chi connectivity index (χ0v) is 9.80. The van der Waals surface area contributed by atoms with E-state index in [0.717, 1.165) is 6.92 Å². The fourth-order valence-corrected chi connectivity index (χ4v) is 0.835. The van der Waals surface area contributed by atoms with E-state index in [1.807, 2.05) is 0 Å². The Bertz CT molecular complexity index is 357. The summed E-state index contributed by atoms with van der Waals surface area (Å²) in [4.78, 5) is 31.5. The average molecular weight is 310 g/mol. The normalized spacial score (nSPS) is 12.2. The summed E-state index contributed by atoms with van der Waals surface area (Å²) < 4.78 is 78.4. The predicted molar refractivity (Wildman–Crippen MR) is 48.0 cm³/mol. The Hall–Kier alpha value is -1.81. The largest absolute Gasteiger partial charge is 0.491 e. The molecule has 5 nitrogen and oxygen atoms in total. The number of hydrogen-bond donors (Lipinski definition) is 0. The number of rotatable bonds is 5. The van der Waals surface area contributed by atoms with Gasteiger partial charge in [-0.15, -0.1) is 0 Å². The van der Waals surface area contributed by atoms with Crippen LogP contribution in [0.25, 0.3) is 0 Å². The Kier molecular flexibility index (Phi) is 5.97. The van der Waals surface area contributed by atoms with Crippen LogP contribution >= 0.6 is 0 Å². The summed E-state index contributed by atoms with van der Waals surface area (Å²) in [6.45, 7) is 0.994. The van der Waals surface area contributed by atoms with E-state index in [9.17, 15) is 40.7 Å². The van der Waals surface area contributed by atoms with Gasteiger partial charge in [0.05, 0.1) is 0 Å². The molecule has 0 spiro atoms. The third-order valence-corrected chi connectivity index (χ3v) is 1.67. The Morgan fingerprint density at radius 1 is 0.900 bits per heavy atom. The smallest absolute Gasteiger partial charge is 0.418 e. The lowest BCUT2D eigenvalue weighted by atomic mass is 10.2. The first-order valence-electron chi connectivity index (χ1n) is 4.89. The molecule has 0 rings (SSSR count). The molecule has 0 N–H and O–H groups in total. The van der Waals surface area contributed by atoms with E-state index in [-0.39, 0.29) is 0 Å². The van der Waals surface area contributed by atoms with Crippen molar-refractivity contribution in [3.63, 3.8) is 0 Å². The van der Waals surface area contributed by atoms with Crippen molar-refractivity contribution in [2.45, 2.75) is 38.4 Å². The van der Waals surface area contributed by atoms with Crippen LogP contribution in [0.1, 0.15) is 19.8 Å². The van der Waals surface area contributed by atoms with Crippen LogP contribution < -0.4 is 0 Å². The summed E-state index contributed by atoms with van der Waals surface area (Å²) in [5, 5.41) is 0. The number of Topliss-reactive ketones (excluding diaryl/α,β-unsaturated/α-hetero) is 1. The molecule has 0 unspecified atom stereocenters. The summed E-state index contributed by atoms with van der Waals surface area (Å²) in [6.07, 6.45) is -14.8. The van der Waals surface area contributed by atoms with E-state index in [1.165, 1.54) is 0 Å². The molecular formula is C9H8F6O5. The van der Waals surface area contributed by atoms with Crippen molar-refractivity contribution in [3.05, 3.63) is 0 Å². The molecule has 0 aliphatic heterocycles. The lowest BCUT2D eigenvalue weighted by Crippen LogP contribution is -2.36. The minimum absolute atomic E-state index is 0.541. The molecule has 0 radical (unpaired) electrons. The van der Waals surface area contributed by atoms with E-state index in [4.69, 9.17) is 0 Å². The van der Waals surface area contributed by atoms with Gasteiger partial charge in [0.25, 0.3) is 0 Å². The monoisotopic (exact) mass is 310 g/mol. The number of esters is 2. The van der Waals surface area contributed by atoms with Crippen LogP contribution in [-0.4, -0.2) is 36.4 Å². The number of hydrogen-bond acceptors (Lipinski definition) is 5. The molecule has 0 bridgehead atoms. The second-order valence-corrected chi connectivity index (χ2v) is 3.48. The highest BCUT2D eigenvalue weighted by Gasteiger charge is 2.46. The third kappa shape index (κ3) is 6.95. The minimum Gasteiger partial charge on any atom is -0.418 e. The molecule has 0 aromatic carbocycles. The number of carbonyl (C=O) groups is 3. The van der Waals surface area contributed by atoms with Crippen molar-refractivity contribution in [1.29, 1.82) is 0 Å². The highest BCUT2D eigenvalue weighted by atomic mass is 19.4. The van der Waals surface area contributed by atoms with E-state index in [2.05, 4.69) is 9.47 Å².